The number of carbonyl (C=O) groups excluding carboxylic acids is 1. The van der Waals surface area contributed by atoms with Crippen molar-refractivity contribution in [2.45, 2.75) is 32.2 Å². The number of aryl methyl sites for hydroxylation is 1. The first-order valence-electron chi connectivity index (χ1n) is 12.5. The van der Waals surface area contributed by atoms with Crippen LogP contribution in [0.1, 0.15) is 37.0 Å². The van der Waals surface area contributed by atoms with Gasteiger partial charge in [0.15, 0.2) is 5.88 Å². The normalized spacial score (nSPS) is 12.4. The number of aliphatic imine (C=N–C) groups is 1. The number of halogens is 1. The van der Waals surface area contributed by atoms with Gasteiger partial charge < -0.3 is 20.9 Å². The molecule has 12 heteroatoms. The number of hydrogen-bond donors (Lipinski definition) is 4. The van der Waals surface area contributed by atoms with Gasteiger partial charge in [0.1, 0.15) is 5.54 Å². The second-order valence-corrected chi connectivity index (χ2v) is 12.8. The average molecular weight is 642 g/mol. The fourth-order valence-corrected chi connectivity index (χ4v) is 6.35. The van der Waals surface area contributed by atoms with Gasteiger partial charge in [-0.3, -0.25) is 13.9 Å². The number of nitrogens with zero attached hydrogens (tertiary/aromatic N) is 2. The lowest BCUT2D eigenvalue weighted by atomic mass is 9.98. The summed E-state index contributed by atoms with van der Waals surface area (Å²) >= 11 is 3.44. The summed E-state index contributed by atoms with van der Waals surface area (Å²) in [6, 6.07) is 19.0. The average Bonchev–Trinajstić information content (AvgIpc) is 3.20. The number of carboxylic acid groups (broad SMARTS) is 1. The lowest BCUT2D eigenvalue weighted by Crippen LogP contribution is -2.55. The number of amides is 1. The second kappa shape index (κ2) is 11.4. The van der Waals surface area contributed by atoms with E-state index in [0.717, 1.165) is 26.0 Å². The summed E-state index contributed by atoms with van der Waals surface area (Å²) in [7, 11) is -3.86. The molecule has 0 saturated heterocycles. The van der Waals surface area contributed by atoms with Crippen LogP contribution >= 0.6 is 15.9 Å². The predicted octanol–water partition coefficient (Wildman–Crippen LogP) is 4.85. The highest BCUT2D eigenvalue weighted by Crippen LogP contribution is 2.34. The van der Waals surface area contributed by atoms with Crippen molar-refractivity contribution in [3.05, 3.63) is 87.9 Å². The zero-order valence-corrected chi connectivity index (χ0v) is 25.0. The number of fused-ring (bicyclic) bond motifs is 1. The van der Waals surface area contributed by atoms with Crippen molar-refractivity contribution in [3.8, 4) is 5.88 Å². The van der Waals surface area contributed by atoms with E-state index < -0.39 is 27.4 Å². The maximum Gasteiger partial charge on any atom is 0.303 e. The molecular formula is C29H29BrN4O6S. The highest BCUT2D eigenvalue weighted by Gasteiger charge is 2.39. The molecule has 214 valence electrons. The Bertz CT molecular complexity index is 1760. The highest BCUT2D eigenvalue weighted by molar-refractivity contribution is 9.10. The number of hydrogen-bond acceptors (Lipinski definition) is 6. The molecule has 0 aliphatic carbocycles. The summed E-state index contributed by atoms with van der Waals surface area (Å²) < 4.78 is 27.0. The highest BCUT2D eigenvalue weighted by atomic mass is 79.9. The van der Waals surface area contributed by atoms with E-state index in [0.29, 0.717) is 34.5 Å². The van der Waals surface area contributed by atoms with E-state index in [1.165, 1.54) is 26.0 Å². The van der Waals surface area contributed by atoms with Crippen LogP contribution in [0.15, 0.2) is 76.2 Å². The molecule has 41 heavy (non-hydrogen) atoms. The predicted molar refractivity (Wildman–Crippen MR) is 162 cm³/mol. The number of aromatic hydroxyl groups is 1. The number of H-pyrrole nitrogens is 1. The van der Waals surface area contributed by atoms with Gasteiger partial charge in [0.25, 0.3) is 0 Å². The summed E-state index contributed by atoms with van der Waals surface area (Å²) in [6.45, 7) is 2.86. The number of rotatable bonds is 10. The maximum absolute atomic E-state index is 12.6. The van der Waals surface area contributed by atoms with Crippen LogP contribution in [0.2, 0.25) is 0 Å². The van der Waals surface area contributed by atoms with Crippen LogP contribution in [-0.4, -0.2) is 53.0 Å². The quantitative estimate of drug-likeness (QED) is 0.181. The number of nitrogens with one attached hydrogen (secondary N) is 1. The lowest BCUT2D eigenvalue weighted by molar-refractivity contribution is -0.137. The van der Waals surface area contributed by atoms with E-state index in [2.05, 4.69) is 20.9 Å². The van der Waals surface area contributed by atoms with Crippen molar-refractivity contribution in [2.24, 2.45) is 10.7 Å². The molecule has 4 rings (SSSR count). The van der Waals surface area contributed by atoms with Crippen molar-refractivity contribution < 1.29 is 28.2 Å². The van der Waals surface area contributed by atoms with Gasteiger partial charge in [-0.1, -0.05) is 46.3 Å². The Morgan fingerprint density at radius 2 is 1.68 bits per heavy atom. The molecule has 0 radical (unpaired) electrons. The fourth-order valence-electron chi connectivity index (χ4n) is 4.56. The Kier molecular flexibility index (Phi) is 8.27. The number of anilines is 1. The third-order valence-corrected chi connectivity index (χ3v) is 8.42. The van der Waals surface area contributed by atoms with Crippen LogP contribution in [0.25, 0.3) is 10.9 Å². The van der Waals surface area contributed by atoms with Crippen molar-refractivity contribution in [1.29, 1.82) is 0 Å². The maximum atomic E-state index is 12.6. The number of aliphatic carboxylic acids is 1. The minimum absolute atomic E-state index is 0.00180. The van der Waals surface area contributed by atoms with Gasteiger partial charge in [0.2, 0.25) is 15.9 Å². The topological polar surface area (TPSA) is 166 Å². The van der Waals surface area contributed by atoms with Crippen molar-refractivity contribution in [2.75, 3.05) is 10.6 Å². The van der Waals surface area contributed by atoms with Gasteiger partial charge in [-0.25, -0.2) is 13.4 Å². The van der Waals surface area contributed by atoms with Crippen molar-refractivity contribution in [1.82, 2.24) is 4.98 Å². The number of carbonyl (C=O) groups is 2. The number of primary amides is 1. The smallest absolute Gasteiger partial charge is 0.303 e. The first-order chi connectivity index (χ1) is 19.2. The number of carboxylic acids is 1. The SMILES string of the molecule is CC(C)(C(N)=O)N(c1ccc(N=C(c2ccc(CCC(=O)O)cc2)c2c(O)[nH]c3cc(Br)ccc23)cc1)S(C)(=O)=O. The molecule has 0 unspecified atom stereocenters. The van der Waals surface area contributed by atoms with Gasteiger partial charge >= 0.3 is 5.97 Å². The molecule has 0 saturated carbocycles. The third kappa shape index (κ3) is 6.44. The molecule has 10 nitrogen and oxygen atoms in total. The molecule has 1 heterocycles. The lowest BCUT2D eigenvalue weighted by Gasteiger charge is -2.35. The van der Waals surface area contributed by atoms with Crippen molar-refractivity contribution in [3.63, 3.8) is 0 Å². The van der Waals surface area contributed by atoms with Crippen LogP contribution in [-0.2, 0) is 26.0 Å². The Labute approximate surface area is 245 Å². The largest absolute Gasteiger partial charge is 0.494 e. The number of benzene rings is 3. The first-order valence-corrected chi connectivity index (χ1v) is 15.1. The monoisotopic (exact) mass is 640 g/mol. The molecule has 0 aliphatic rings. The zero-order chi connectivity index (χ0) is 30.1. The summed E-state index contributed by atoms with van der Waals surface area (Å²) in [5.41, 5.74) is 7.77. The van der Waals surface area contributed by atoms with E-state index in [4.69, 9.17) is 15.8 Å². The van der Waals surface area contributed by atoms with E-state index in [1.54, 1.807) is 12.1 Å². The molecule has 0 aliphatic heterocycles. The van der Waals surface area contributed by atoms with E-state index in [9.17, 15) is 23.1 Å². The number of sulfonamides is 1. The Morgan fingerprint density at radius 1 is 1.05 bits per heavy atom. The molecule has 0 atom stereocenters. The fraction of sp³-hybridized carbons (Fsp3) is 0.207. The molecular weight excluding hydrogens is 612 g/mol. The van der Waals surface area contributed by atoms with Crippen LogP contribution in [0.3, 0.4) is 0 Å². The van der Waals surface area contributed by atoms with E-state index >= 15 is 0 Å². The molecule has 3 aromatic carbocycles. The zero-order valence-electron chi connectivity index (χ0n) is 22.6. The first kappa shape index (κ1) is 29.8. The molecule has 5 N–H and O–H groups in total. The number of aromatic amines is 1. The number of aromatic nitrogens is 1. The Balaban J connectivity index is 1.84. The van der Waals surface area contributed by atoms with Crippen LogP contribution in [0, 0.1) is 0 Å². The minimum Gasteiger partial charge on any atom is -0.494 e. The standard InChI is InChI=1S/C29H29BrN4O6S/c1-29(2,28(31)38)34(41(3,39)40)21-12-10-20(11-13-21)32-26(18-7-4-17(5-8-18)6-15-24(35)36)25-22-14-9-19(30)16-23(22)33-27(25)37/h4-5,7-14,16,33,37H,6,15H2,1-3H3,(H2,31,38)(H,35,36). The van der Waals surface area contributed by atoms with Gasteiger partial charge in [-0.2, -0.15) is 0 Å². The third-order valence-electron chi connectivity index (χ3n) is 6.60. The van der Waals surface area contributed by atoms with Gasteiger partial charge in [-0.05, 0) is 62.2 Å². The Morgan fingerprint density at radius 3 is 2.24 bits per heavy atom. The van der Waals surface area contributed by atoms with Crippen LogP contribution in [0.4, 0.5) is 11.4 Å². The van der Waals surface area contributed by atoms with Gasteiger partial charge in [0.05, 0.1) is 34.4 Å². The molecule has 0 spiro atoms. The molecule has 1 aromatic heterocycles. The Hall–Kier alpha value is -4.16. The molecule has 4 aromatic rings. The van der Waals surface area contributed by atoms with Crippen LogP contribution < -0.4 is 10.0 Å². The van der Waals surface area contributed by atoms with Gasteiger partial charge in [-0.15, -0.1) is 0 Å². The minimum atomic E-state index is -3.86. The molecule has 1 amide bonds. The summed E-state index contributed by atoms with van der Waals surface area (Å²) in [5.74, 6) is -1.78. The number of nitrogens with two attached hydrogens (primary N) is 1. The van der Waals surface area contributed by atoms with Crippen molar-refractivity contribution >= 4 is 65.8 Å². The van der Waals surface area contributed by atoms with Crippen LogP contribution in [0.5, 0.6) is 5.88 Å². The van der Waals surface area contributed by atoms with E-state index in [-0.39, 0.29) is 18.0 Å². The summed E-state index contributed by atoms with van der Waals surface area (Å²) in [6.07, 6.45) is 1.37. The summed E-state index contributed by atoms with van der Waals surface area (Å²) in [4.78, 5) is 30.9. The molecule has 0 bridgehead atoms. The second-order valence-electron chi connectivity index (χ2n) is 10.1. The summed E-state index contributed by atoms with van der Waals surface area (Å²) in [5, 5.41) is 20.7. The molecule has 0 fully saturated rings. The van der Waals surface area contributed by atoms with E-state index in [1.807, 2.05) is 42.5 Å². The van der Waals surface area contributed by atoms with Gasteiger partial charge in [0, 0.05) is 21.8 Å².